The quantitative estimate of drug-likeness (QED) is 0.483. The number of carbonyl (C=O) groups is 2. The van der Waals surface area contributed by atoms with Crippen LogP contribution < -0.4 is 0 Å². The number of aromatic hydroxyl groups is 1. The molecule has 27 heavy (non-hydrogen) atoms. The normalized spacial score (nSPS) is 15.6. The second-order valence-corrected chi connectivity index (χ2v) is 7.19. The molecule has 7 nitrogen and oxygen atoms in total. The maximum Gasteiger partial charge on any atom is 0.293 e. The van der Waals surface area contributed by atoms with Gasteiger partial charge in [0.25, 0.3) is 16.8 Å². The molecule has 1 N–H and O–H groups in total. The van der Waals surface area contributed by atoms with Gasteiger partial charge in [-0.15, -0.1) is 0 Å². The van der Waals surface area contributed by atoms with Gasteiger partial charge in [-0.25, -0.2) is 0 Å². The van der Waals surface area contributed by atoms with Gasteiger partial charge in [-0.1, -0.05) is 12.1 Å². The molecule has 0 bridgehead atoms. The van der Waals surface area contributed by atoms with Crippen LogP contribution >= 0.6 is 11.8 Å². The van der Waals surface area contributed by atoms with Crippen molar-refractivity contribution < 1.29 is 19.6 Å². The molecular formula is C19H16N2O5S. The Morgan fingerprint density at radius 2 is 1.85 bits per heavy atom. The average molecular weight is 384 g/mol. The molecule has 1 fully saturated rings. The third kappa shape index (κ3) is 3.85. The van der Waals surface area contributed by atoms with Gasteiger partial charge in [0, 0.05) is 12.1 Å². The van der Waals surface area contributed by atoms with Crippen molar-refractivity contribution in [3.8, 4) is 5.75 Å². The molecule has 0 aromatic heterocycles. The van der Waals surface area contributed by atoms with Crippen LogP contribution in [0.4, 0.5) is 10.5 Å². The van der Waals surface area contributed by atoms with Crippen LogP contribution in [-0.2, 0) is 11.3 Å². The van der Waals surface area contributed by atoms with E-state index in [9.17, 15) is 24.8 Å². The monoisotopic (exact) mass is 384 g/mol. The molecule has 0 aliphatic carbocycles. The molecule has 2 aromatic rings. The number of carbonyl (C=O) groups excluding carboxylic acids is 2. The van der Waals surface area contributed by atoms with Crippen molar-refractivity contribution >= 4 is 34.7 Å². The fourth-order valence-electron chi connectivity index (χ4n) is 2.81. The van der Waals surface area contributed by atoms with E-state index in [1.807, 2.05) is 0 Å². The summed E-state index contributed by atoms with van der Waals surface area (Å²) in [5, 5.41) is 20.3. The van der Waals surface area contributed by atoms with Crippen LogP contribution in [-0.4, -0.2) is 26.1 Å². The van der Waals surface area contributed by atoms with E-state index in [0.717, 1.165) is 16.7 Å². The first-order valence-corrected chi connectivity index (χ1v) is 8.87. The van der Waals surface area contributed by atoms with Crippen LogP contribution in [0.1, 0.15) is 22.3 Å². The number of aryl methyl sites for hydroxylation is 2. The lowest BCUT2D eigenvalue weighted by Crippen LogP contribution is -2.27. The minimum atomic E-state index is -0.521. The third-order valence-corrected chi connectivity index (χ3v) is 5.05. The number of rotatable bonds is 4. The first-order valence-electron chi connectivity index (χ1n) is 8.05. The van der Waals surface area contributed by atoms with Crippen molar-refractivity contribution in [1.82, 2.24) is 4.90 Å². The predicted molar refractivity (Wildman–Crippen MR) is 102 cm³/mol. The second-order valence-electron chi connectivity index (χ2n) is 6.20. The van der Waals surface area contributed by atoms with Crippen LogP contribution in [0.5, 0.6) is 5.75 Å². The number of hydrogen-bond acceptors (Lipinski definition) is 6. The van der Waals surface area contributed by atoms with Gasteiger partial charge in [0.1, 0.15) is 5.75 Å². The lowest BCUT2D eigenvalue weighted by Gasteiger charge is -2.12. The zero-order chi connectivity index (χ0) is 19.7. The minimum Gasteiger partial charge on any atom is -0.507 e. The van der Waals surface area contributed by atoms with Crippen molar-refractivity contribution in [1.29, 1.82) is 0 Å². The summed E-state index contributed by atoms with van der Waals surface area (Å²) < 4.78 is 0. The van der Waals surface area contributed by atoms with Gasteiger partial charge in [-0.05, 0) is 66.1 Å². The van der Waals surface area contributed by atoms with Gasteiger partial charge in [0.05, 0.1) is 16.4 Å². The molecule has 1 aliphatic rings. The van der Waals surface area contributed by atoms with Gasteiger partial charge >= 0.3 is 0 Å². The molecule has 8 heteroatoms. The van der Waals surface area contributed by atoms with Crippen molar-refractivity contribution in [2.75, 3.05) is 0 Å². The van der Waals surface area contributed by atoms with E-state index >= 15 is 0 Å². The van der Waals surface area contributed by atoms with Gasteiger partial charge in [-0.3, -0.25) is 24.6 Å². The van der Waals surface area contributed by atoms with E-state index in [-0.39, 0.29) is 22.9 Å². The fourth-order valence-corrected chi connectivity index (χ4v) is 3.65. The largest absolute Gasteiger partial charge is 0.507 e. The summed E-state index contributed by atoms with van der Waals surface area (Å²) in [6.07, 6.45) is 1.61. The molecule has 0 saturated carbocycles. The van der Waals surface area contributed by atoms with Crippen LogP contribution in [0, 0.1) is 24.0 Å². The summed E-state index contributed by atoms with van der Waals surface area (Å²) in [5.41, 5.74) is 2.48. The first kappa shape index (κ1) is 18.7. The number of imide groups is 1. The summed E-state index contributed by atoms with van der Waals surface area (Å²) in [4.78, 5) is 36.6. The number of amides is 2. The van der Waals surface area contributed by atoms with Crippen LogP contribution in [0.25, 0.3) is 6.08 Å². The standard InChI is InChI=1S/C19H16N2O5S/c1-11-6-14(7-12(2)17(11)22)9-16-18(23)20(19(24)27-16)10-13-4-3-5-15(8-13)21(25)26/h3-9,22H,10H2,1-2H3. The number of nitro benzene ring substituents is 1. The first-order chi connectivity index (χ1) is 12.8. The summed E-state index contributed by atoms with van der Waals surface area (Å²) in [7, 11) is 0. The van der Waals surface area contributed by atoms with E-state index in [0.29, 0.717) is 22.3 Å². The summed E-state index contributed by atoms with van der Waals surface area (Å²) in [5.74, 6) is -0.245. The van der Waals surface area contributed by atoms with Gasteiger partial charge in [0.2, 0.25) is 0 Å². The molecule has 3 rings (SSSR count). The molecule has 2 amide bonds. The van der Waals surface area contributed by atoms with Gasteiger partial charge < -0.3 is 5.11 Å². The molecule has 2 aromatic carbocycles. The number of phenols is 1. The summed E-state index contributed by atoms with van der Waals surface area (Å²) >= 11 is 0.824. The van der Waals surface area contributed by atoms with Gasteiger partial charge in [0.15, 0.2) is 0 Å². The van der Waals surface area contributed by atoms with E-state index < -0.39 is 16.1 Å². The number of benzene rings is 2. The molecule has 1 aliphatic heterocycles. The maximum absolute atomic E-state index is 12.6. The van der Waals surface area contributed by atoms with E-state index in [4.69, 9.17) is 0 Å². The topological polar surface area (TPSA) is 101 Å². The zero-order valence-electron chi connectivity index (χ0n) is 14.6. The molecule has 138 valence electrons. The zero-order valence-corrected chi connectivity index (χ0v) is 15.4. The number of nitrogens with zero attached hydrogens (tertiary/aromatic N) is 2. The predicted octanol–water partition coefficient (Wildman–Crippen LogP) is 4.15. The highest BCUT2D eigenvalue weighted by Crippen LogP contribution is 2.34. The summed E-state index contributed by atoms with van der Waals surface area (Å²) in [6.45, 7) is 3.48. The Kier molecular flexibility index (Phi) is 5.00. The summed E-state index contributed by atoms with van der Waals surface area (Å²) in [6, 6.07) is 9.32. The number of nitro groups is 1. The molecule has 1 heterocycles. The Morgan fingerprint density at radius 1 is 1.19 bits per heavy atom. The second kappa shape index (κ2) is 7.24. The van der Waals surface area contributed by atoms with Crippen LogP contribution in [0.2, 0.25) is 0 Å². The number of thioether (sulfide) groups is 1. The molecule has 0 spiro atoms. The van der Waals surface area contributed by atoms with Crippen LogP contribution in [0.3, 0.4) is 0 Å². The van der Waals surface area contributed by atoms with Crippen molar-refractivity contribution in [3.63, 3.8) is 0 Å². The molecule has 0 radical (unpaired) electrons. The highest BCUT2D eigenvalue weighted by atomic mass is 32.2. The Labute approximate surface area is 159 Å². The Morgan fingerprint density at radius 3 is 2.48 bits per heavy atom. The SMILES string of the molecule is Cc1cc(C=C2SC(=O)N(Cc3cccc([N+](=O)[O-])c3)C2=O)cc(C)c1O. The molecule has 0 atom stereocenters. The Bertz CT molecular complexity index is 976. The Hall–Kier alpha value is -3.13. The van der Waals surface area contributed by atoms with Crippen molar-refractivity contribution in [2.24, 2.45) is 0 Å². The molecule has 1 saturated heterocycles. The van der Waals surface area contributed by atoms with Crippen molar-refractivity contribution in [3.05, 3.63) is 73.7 Å². The molecule has 0 unspecified atom stereocenters. The number of non-ortho nitro benzene ring substituents is 1. The lowest BCUT2D eigenvalue weighted by molar-refractivity contribution is -0.384. The maximum atomic E-state index is 12.6. The average Bonchev–Trinajstić information content (AvgIpc) is 2.87. The molecular weight excluding hydrogens is 368 g/mol. The smallest absolute Gasteiger partial charge is 0.293 e. The van der Waals surface area contributed by atoms with E-state index in [1.54, 1.807) is 38.1 Å². The number of phenolic OH excluding ortho intramolecular Hbond substituents is 1. The van der Waals surface area contributed by atoms with Crippen LogP contribution in [0.15, 0.2) is 41.3 Å². The lowest BCUT2D eigenvalue weighted by atomic mass is 10.1. The minimum absolute atomic E-state index is 0.0304. The van der Waals surface area contributed by atoms with E-state index in [1.165, 1.54) is 18.2 Å². The number of hydrogen-bond donors (Lipinski definition) is 1. The van der Waals surface area contributed by atoms with Crippen molar-refractivity contribution in [2.45, 2.75) is 20.4 Å². The highest BCUT2D eigenvalue weighted by molar-refractivity contribution is 8.18. The van der Waals surface area contributed by atoms with E-state index in [2.05, 4.69) is 0 Å². The Balaban J connectivity index is 1.85. The third-order valence-electron chi connectivity index (χ3n) is 4.15. The fraction of sp³-hybridized carbons (Fsp3) is 0.158. The highest BCUT2D eigenvalue weighted by Gasteiger charge is 2.35. The van der Waals surface area contributed by atoms with Gasteiger partial charge in [-0.2, -0.15) is 0 Å².